The van der Waals surface area contributed by atoms with Gasteiger partial charge in [-0.2, -0.15) is 0 Å². The molecule has 66 valence electrons. The predicted molar refractivity (Wildman–Crippen MR) is 41.5 cm³/mol. The zero-order valence-corrected chi connectivity index (χ0v) is 7.30. The van der Waals surface area contributed by atoms with Gasteiger partial charge in [-0.05, 0) is 12.3 Å². The first-order chi connectivity index (χ1) is 5.02. The van der Waals surface area contributed by atoms with Gasteiger partial charge in [0.2, 0.25) is 10.0 Å². The third kappa shape index (κ3) is 2.15. The van der Waals surface area contributed by atoms with Crippen LogP contribution in [0.3, 0.4) is 0 Å². The third-order valence-electron chi connectivity index (χ3n) is 1.98. The van der Waals surface area contributed by atoms with E-state index in [1.807, 2.05) is 6.92 Å². The molecular weight excluding hydrogens is 166 g/mol. The lowest BCUT2D eigenvalue weighted by Gasteiger charge is -2.26. The van der Waals surface area contributed by atoms with Crippen molar-refractivity contribution in [2.75, 3.05) is 13.2 Å². The second-order valence-corrected chi connectivity index (χ2v) is 4.75. The molecule has 0 aliphatic carbocycles. The molecule has 11 heavy (non-hydrogen) atoms. The van der Waals surface area contributed by atoms with Crippen LogP contribution in [0.25, 0.3) is 0 Å². The summed E-state index contributed by atoms with van der Waals surface area (Å²) in [5.74, 6) is 0.0266. The monoisotopic (exact) mass is 179 g/mol. The van der Waals surface area contributed by atoms with Gasteiger partial charge in [-0.25, -0.2) is 13.6 Å². The van der Waals surface area contributed by atoms with Crippen molar-refractivity contribution in [3.8, 4) is 0 Å². The Hall–Kier alpha value is -0.130. The van der Waals surface area contributed by atoms with E-state index in [0.717, 1.165) is 0 Å². The van der Waals surface area contributed by atoms with Crippen molar-refractivity contribution in [3.63, 3.8) is 0 Å². The Bertz CT molecular complexity index is 224. The van der Waals surface area contributed by atoms with Crippen LogP contribution in [0.4, 0.5) is 0 Å². The van der Waals surface area contributed by atoms with Crippen LogP contribution < -0.4 is 5.14 Å². The highest BCUT2D eigenvalue weighted by Gasteiger charge is 2.30. The number of ether oxygens (including phenoxy) is 1. The Morgan fingerprint density at radius 3 is 2.55 bits per heavy atom. The molecule has 0 aromatic carbocycles. The Labute approximate surface area is 66.8 Å². The maximum Gasteiger partial charge on any atom is 0.212 e. The van der Waals surface area contributed by atoms with E-state index in [1.54, 1.807) is 0 Å². The van der Waals surface area contributed by atoms with Crippen molar-refractivity contribution in [2.45, 2.75) is 18.6 Å². The molecule has 1 fully saturated rings. The van der Waals surface area contributed by atoms with Crippen molar-refractivity contribution in [2.24, 2.45) is 11.1 Å². The van der Waals surface area contributed by atoms with E-state index in [0.29, 0.717) is 19.6 Å². The number of nitrogens with two attached hydrogens (primary N) is 1. The second-order valence-electron chi connectivity index (χ2n) is 2.97. The molecule has 1 aliphatic heterocycles. The molecule has 2 N–H and O–H groups in total. The van der Waals surface area contributed by atoms with Gasteiger partial charge in [0.25, 0.3) is 0 Å². The van der Waals surface area contributed by atoms with Crippen molar-refractivity contribution in [3.05, 3.63) is 0 Å². The lowest BCUT2D eigenvalue weighted by molar-refractivity contribution is 0.0637. The summed E-state index contributed by atoms with van der Waals surface area (Å²) < 4.78 is 26.9. The molecule has 2 atom stereocenters. The van der Waals surface area contributed by atoms with E-state index in [1.165, 1.54) is 0 Å². The van der Waals surface area contributed by atoms with Gasteiger partial charge in [0.05, 0.1) is 11.9 Å². The third-order valence-corrected chi connectivity index (χ3v) is 3.53. The summed E-state index contributed by atoms with van der Waals surface area (Å²) >= 11 is 0. The average molecular weight is 179 g/mol. The standard InChI is InChI=1S/C6H13NO3S/c1-5-4-10-3-2-6(5)11(7,8)9/h5-6H,2-4H2,1H3,(H2,7,8,9)/t5-,6-/m1/s1. The summed E-state index contributed by atoms with van der Waals surface area (Å²) in [6.45, 7) is 2.85. The van der Waals surface area contributed by atoms with Gasteiger partial charge in [0.1, 0.15) is 0 Å². The maximum atomic E-state index is 10.9. The first-order valence-corrected chi connectivity index (χ1v) is 5.22. The van der Waals surface area contributed by atoms with Gasteiger partial charge in [0, 0.05) is 6.61 Å². The molecule has 1 aliphatic rings. The molecule has 0 amide bonds. The van der Waals surface area contributed by atoms with Crippen molar-refractivity contribution in [1.82, 2.24) is 0 Å². The molecule has 0 aromatic heterocycles. The Balaban J connectivity index is 2.70. The van der Waals surface area contributed by atoms with Crippen LogP contribution in [0.2, 0.25) is 0 Å². The number of sulfonamides is 1. The van der Waals surface area contributed by atoms with E-state index in [4.69, 9.17) is 9.88 Å². The topological polar surface area (TPSA) is 69.4 Å². The van der Waals surface area contributed by atoms with Gasteiger partial charge in [-0.15, -0.1) is 0 Å². The lowest BCUT2D eigenvalue weighted by Crippen LogP contribution is -2.40. The van der Waals surface area contributed by atoms with Gasteiger partial charge >= 0.3 is 0 Å². The van der Waals surface area contributed by atoms with E-state index in [9.17, 15) is 8.42 Å². The zero-order valence-electron chi connectivity index (χ0n) is 6.49. The minimum Gasteiger partial charge on any atom is -0.381 e. The molecule has 0 aromatic rings. The highest BCUT2D eigenvalue weighted by molar-refractivity contribution is 7.89. The number of primary sulfonamides is 1. The summed E-state index contributed by atoms with van der Waals surface area (Å²) in [7, 11) is -3.36. The van der Waals surface area contributed by atoms with E-state index in [2.05, 4.69) is 0 Å². The number of hydrogen-bond donors (Lipinski definition) is 1. The molecule has 1 heterocycles. The van der Waals surface area contributed by atoms with Crippen LogP contribution in [0.5, 0.6) is 0 Å². The summed E-state index contributed by atoms with van der Waals surface area (Å²) in [6.07, 6.45) is 0.528. The molecule has 0 bridgehead atoms. The maximum absolute atomic E-state index is 10.9. The molecule has 0 unspecified atom stereocenters. The van der Waals surface area contributed by atoms with E-state index < -0.39 is 15.3 Å². The molecule has 1 rings (SSSR count). The van der Waals surface area contributed by atoms with Crippen LogP contribution in [0.15, 0.2) is 0 Å². The first kappa shape index (κ1) is 8.96. The highest BCUT2D eigenvalue weighted by Crippen LogP contribution is 2.19. The quantitative estimate of drug-likeness (QED) is 0.601. The molecule has 1 saturated heterocycles. The normalized spacial score (nSPS) is 33.6. The smallest absolute Gasteiger partial charge is 0.212 e. The predicted octanol–water partition coefficient (Wildman–Crippen LogP) is -0.300. The number of hydrogen-bond acceptors (Lipinski definition) is 3. The van der Waals surface area contributed by atoms with Gasteiger partial charge in [0.15, 0.2) is 0 Å². The molecule has 0 spiro atoms. The zero-order chi connectivity index (χ0) is 8.48. The fourth-order valence-electron chi connectivity index (χ4n) is 1.35. The molecule has 5 heteroatoms. The van der Waals surface area contributed by atoms with Gasteiger partial charge < -0.3 is 4.74 Å². The summed E-state index contributed by atoms with van der Waals surface area (Å²) in [5, 5.41) is 4.61. The fraction of sp³-hybridized carbons (Fsp3) is 1.00. The van der Waals surface area contributed by atoms with Crippen molar-refractivity contribution in [1.29, 1.82) is 0 Å². The SMILES string of the molecule is C[C@@H]1COCC[C@H]1S(N)(=O)=O. The first-order valence-electron chi connectivity index (χ1n) is 3.61. The Morgan fingerprint density at radius 2 is 2.18 bits per heavy atom. The lowest BCUT2D eigenvalue weighted by atomic mass is 10.0. The number of rotatable bonds is 1. The Morgan fingerprint density at radius 1 is 1.55 bits per heavy atom. The van der Waals surface area contributed by atoms with Crippen LogP contribution in [-0.2, 0) is 14.8 Å². The molecule has 0 saturated carbocycles. The van der Waals surface area contributed by atoms with Gasteiger partial charge in [-0.3, -0.25) is 0 Å². The summed E-state index contributed by atoms with van der Waals surface area (Å²) in [4.78, 5) is 0. The molecule has 0 radical (unpaired) electrons. The Kier molecular flexibility index (Phi) is 2.51. The largest absolute Gasteiger partial charge is 0.381 e. The summed E-state index contributed by atoms with van der Waals surface area (Å²) in [5.41, 5.74) is 0. The second kappa shape index (κ2) is 3.08. The van der Waals surface area contributed by atoms with Crippen molar-refractivity contribution >= 4 is 10.0 Å². The van der Waals surface area contributed by atoms with E-state index >= 15 is 0 Å². The van der Waals surface area contributed by atoms with Crippen LogP contribution >= 0.6 is 0 Å². The van der Waals surface area contributed by atoms with Crippen molar-refractivity contribution < 1.29 is 13.2 Å². The summed E-state index contributed by atoms with van der Waals surface area (Å²) in [6, 6.07) is 0. The van der Waals surface area contributed by atoms with Gasteiger partial charge in [-0.1, -0.05) is 6.92 Å². The van der Waals surface area contributed by atoms with Crippen LogP contribution in [0, 0.1) is 5.92 Å². The average Bonchev–Trinajstić information content (AvgIpc) is 1.86. The van der Waals surface area contributed by atoms with E-state index in [-0.39, 0.29) is 5.92 Å². The van der Waals surface area contributed by atoms with Crippen LogP contribution in [-0.4, -0.2) is 26.9 Å². The highest BCUT2D eigenvalue weighted by atomic mass is 32.2. The minimum atomic E-state index is -3.36. The molecule has 4 nitrogen and oxygen atoms in total. The molecular formula is C6H13NO3S. The van der Waals surface area contributed by atoms with Crippen LogP contribution in [0.1, 0.15) is 13.3 Å². The fourth-order valence-corrected chi connectivity index (χ4v) is 2.50. The minimum absolute atomic E-state index is 0.0266.